The van der Waals surface area contributed by atoms with E-state index in [4.69, 9.17) is 0 Å². The minimum Gasteiger partial charge on any atom is -0.114 e. The van der Waals surface area contributed by atoms with Gasteiger partial charge in [-0.1, -0.05) is 95.6 Å². The Morgan fingerprint density at radius 2 is 1.05 bits per heavy atom. The third-order valence-electron chi connectivity index (χ3n) is 4.77. The number of unbranched alkanes of at least 4 members (excludes halogenated alkanes) is 10. The van der Waals surface area contributed by atoms with Crippen molar-refractivity contribution in [3.8, 4) is 0 Å². The molecule has 0 saturated carbocycles. The molecule has 0 spiro atoms. The molecule has 128 valence electrons. The quantitative estimate of drug-likeness (QED) is 0.229. The van der Waals surface area contributed by atoms with Gasteiger partial charge in [0.25, 0.3) is 0 Å². The van der Waals surface area contributed by atoms with Gasteiger partial charge in [0.15, 0.2) is 0 Å². The molecule has 0 aliphatic heterocycles. The van der Waals surface area contributed by atoms with E-state index in [1.54, 1.807) is 5.57 Å². The van der Waals surface area contributed by atoms with Crippen molar-refractivity contribution < 1.29 is 0 Å². The maximum absolute atomic E-state index is 2.39. The lowest BCUT2D eigenvalue weighted by molar-refractivity contribution is 0.513. The van der Waals surface area contributed by atoms with E-state index in [1.807, 2.05) is 0 Å². The molecule has 0 rings (SSSR count). The fraction of sp³-hybridized carbons (Fsp3) is 0.900. The van der Waals surface area contributed by atoms with Gasteiger partial charge in [-0.15, -0.1) is 17.0 Å². The molecule has 0 aliphatic rings. The van der Waals surface area contributed by atoms with Crippen molar-refractivity contribution in [3.05, 3.63) is 11.1 Å². The van der Waals surface area contributed by atoms with Crippen molar-refractivity contribution in [2.45, 2.75) is 112 Å². The van der Waals surface area contributed by atoms with Crippen molar-refractivity contribution in [3.63, 3.8) is 0 Å². The highest BCUT2D eigenvalue weighted by Crippen LogP contribution is 2.21. The number of rotatable bonds is 13. The van der Waals surface area contributed by atoms with Crippen LogP contribution in [0.4, 0.5) is 0 Å². The Balaban J connectivity index is 0. The molecule has 0 amide bonds. The van der Waals surface area contributed by atoms with Crippen molar-refractivity contribution in [2.75, 3.05) is 0 Å². The predicted octanol–water partition coefficient (Wildman–Crippen LogP) is 8.26. The van der Waals surface area contributed by atoms with Gasteiger partial charge in [-0.2, -0.15) is 0 Å². The second kappa shape index (κ2) is 16.6. The normalized spacial score (nSPS) is 11.9. The van der Waals surface area contributed by atoms with Crippen LogP contribution in [0.25, 0.3) is 0 Å². The van der Waals surface area contributed by atoms with E-state index < -0.39 is 0 Å². The fourth-order valence-electron chi connectivity index (χ4n) is 2.82. The lowest BCUT2D eigenvalue weighted by atomic mass is 9.93. The molecule has 0 fully saturated rings. The standard InChI is InChI=1S/C20H40.BrH/c1-6-7-8-9-10-11-12-13-14-15-16-17-19(4)20(5)18(2)3;/h19H,6-17H2,1-5H3;1H. The highest BCUT2D eigenvalue weighted by molar-refractivity contribution is 8.93. The average molecular weight is 361 g/mol. The zero-order valence-corrected chi connectivity index (χ0v) is 17.2. The minimum absolute atomic E-state index is 0. The molecule has 1 heteroatoms. The molecular weight excluding hydrogens is 320 g/mol. The first-order valence-electron chi connectivity index (χ1n) is 9.23. The third-order valence-corrected chi connectivity index (χ3v) is 4.77. The summed E-state index contributed by atoms with van der Waals surface area (Å²) < 4.78 is 0. The van der Waals surface area contributed by atoms with Gasteiger partial charge in [-0.3, -0.25) is 0 Å². The van der Waals surface area contributed by atoms with E-state index in [0.717, 1.165) is 5.92 Å². The molecule has 0 heterocycles. The van der Waals surface area contributed by atoms with Crippen molar-refractivity contribution >= 4 is 17.0 Å². The number of halogens is 1. The summed E-state index contributed by atoms with van der Waals surface area (Å²) in [6, 6.07) is 0. The van der Waals surface area contributed by atoms with Crippen LogP contribution in [0, 0.1) is 5.92 Å². The molecule has 0 aromatic carbocycles. The Morgan fingerprint density at radius 3 is 1.43 bits per heavy atom. The largest absolute Gasteiger partial charge is 0.114 e. The van der Waals surface area contributed by atoms with Gasteiger partial charge in [-0.05, 0) is 33.1 Å². The van der Waals surface area contributed by atoms with E-state index in [0.29, 0.717) is 0 Å². The van der Waals surface area contributed by atoms with Gasteiger partial charge in [0.05, 0.1) is 0 Å². The van der Waals surface area contributed by atoms with Crippen LogP contribution < -0.4 is 0 Å². The summed E-state index contributed by atoms with van der Waals surface area (Å²) in [6.07, 6.45) is 17.3. The van der Waals surface area contributed by atoms with Crippen molar-refractivity contribution in [1.82, 2.24) is 0 Å². The minimum atomic E-state index is 0. The highest BCUT2D eigenvalue weighted by atomic mass is 79.9. The number of hydrogen-bond donors (Lipinski definition) is 0. The number of hydrogen-bond acceptors (Lipinski definition) is 0. The van der Waals surface area contributed by atoms with E-state index >= 15 is 0 Å². The van der Waals surface area contributed by atoms with E-state index in [-0.39, 0.29) is 17.0 Å². The zero-order chi connectivity index (χ0) is 15.2. The van der Waals surface area contributed by atoms with Crippen LogP contribution in [0.1, 0.15) is 112 Å². The van der Waals surface area contributed by atoms with Crippen LogP contribution in [0.3, 0.4) is 0 Å². The van der Waals surface area contributed by atoms with E-state index in [2.05, 4.69) is 34.6 Å². The van der Waals surface area contributed by atoms with E-state index in [1.165, 1.54) is 82.6 Å². The second-order valence-electron chi connectivity index (χ2n) is 6.91. The topological polar surface area (TPSA) is 0 Å². The summed E-state index contributed by atoms with van der Waals surface area (Å²) in [6.45, 7) is 11.5. The molecular formula is C20H41Br. The summed E-state index contributed by atoms with van der Waals surface area (Å²) >= 11 is 0. The molecule has 0 nitrogen and oxygen atoms in total. The van der Waals surface area contributed by atoms with Crippen molar-refractivity contribution in [1.29, 1.82) is 0 Å². The average Bonchev–Trinajstić information content (AvgIpc) is 2.43. The first-order chi connectivity index (χ1) is 9.59. The maximum atomic E-state index is 2.39. The van der Waals surface area contributed by atoms with Crippen LogP contribution in [0.15, 0.2) is 11.1 Å². The van der Waals surface area contributed by atoms with Gasteiger partial charge in [-0.25, -0.2) is 0 Å². The predicted molar refractivity (Wildman–Crippen MR) is 105 cm³/mol. The molecule has 0 N–H and O–H groups in total. The first-order valence-corrected chi connectivity index (χ1v) is 9.23. The van der Waals surface area contributed by atoms with Crippen LogP contribution in [0.2, 0.25) is 0 Å². The molecule has 0 aliphatic carbocycles. The second-order valence-corrected chi connectivity index (χ2v) is 6.91. The Kier molecular flexibility index (Phi) is 18.6. The van der Waals surface area contributed by atoms with Gasteiger partial charge in [0.2, 0.25) is 0 Å². The van der Waals surface area contributed by atoms with Gasteiger partial charge in [0, 0.05) is 0 Å². The summed E-state index contributed by atoms with van der Waals surface area (Å²) in [5.41, 5.74) is 3.12. The van der Waals surface area contributed by atoms with Crippen LogP contribution >= 0.6 is 17.0 Å². The molecule has 0 aromatic rings. The molecule has 0 saturated heterocycles. The van der Waals surface area contributed by atoms with E-state index in [9.17, 15) is 0 Å². The lowest BCUT2D eigenvalue weighted by Crippen LogP contribution is -1.98. The van der Waals surface area contributed by atoms with Gasteiger partial charge >= 0.3 is 0 Å². The van der Waals surface area contributed by atoms with Gasteiger partial charge < -0.3 is 0 Å². The van der Waals surface area contributed by atoms with Crippen LogP contribution in [-0.4, -0.2) is 0 Å². The molecule has 1 atom stereocenters. The summed E-state index contributed by atoms with van der Waals surface area (Å²) in [7, 11) is 0. The smallest absolute Gasteiger partial charge is 0.0232 e. The number of allylic oxidation sites excluding steroid dienone is 2. The SMILES string of the molecule is Br.CCCCCCCCCCCCCC(C)C(C)=C(C)C. The molecule has 0 bridgehead atoms. The maximum Gasteiger partial charge on any atom is -0.0232 e. The molecule has 0 aromatic heterocycles. The highest BCUT2D eigenvalue weighted by Gasteiger charge is 2.05. The van der Waals surface area contributed by atoms with Crippen molar-refractivity contribution in [2.24, 2.45) is 5.92 Å². The molecule has 21 heavy (non-hydrogen) atoms. The zero-order valence-electron chi connectivity index (χ0n) is 15.5. The van der Waals surface area contributed by atoms with Crippen LogP contribution in [-0.2, 0) is 0 Å². The first kappa shape index (κ1) is 23.5. The van der Waals surface area contributed by atoms with Crippen LogP contribution in [0.5, 0.6) is 0 Å². The Hall–Kier alpha value is 0.220. The Morgan fingerprint density at radius 1 is 0.667 bits per heavy atom. The third kappa shape index (κ3) is 14.9. The lowest BCUT2D eigenvalue weighted by Gasteiger charge is -2.13. The Labute approximate surface area is 145 Å². The summed E-state index contributed by atoms with van der Waals surface area (Å²) in [5, 5.41) is 0. The summed E-state index contributed by atoms with van der Waals surface area (Å²) in [4.78, 5) is 0. The van der Waals surface area contributed by atoms with Gasteiger partial charge in [0.1, 0.15) is 0 Å². The molecule has 1 unspecified atom stereocenters. The monoisotopic (exact) mass is 360 g/mol. The summed E-state index contributed by atoms with van der Waals surface area (Å²) in [5.74, 6) is 0.790. The Bertz CT molecular complexity index is 238. The fourth-order valence-corrected chi connectivity index (χ4v) is 2.82. The molecule has 0 radical (unpaired) electrons.